The van der Waals surface area contributed by atoms with E-state index >= 15 is 0 Å². The van der Waals surface area contributed by atoms with Crippen LogP contribution in [0.25, 0.3) is 11.8 Å². The molecule has 13 heavy (non-hydrogen) atoms. The van der Waals surface area contributed by atoms with Crippen LogP contribution < -0.4 is 0 Å². The van der Waals surface area contributed by atoms with Crippen LogP contribution in [0.3, 0.4) is 0 Å². The zero-order valence-electron chi connectivity index (χ0n) is 7.05. The van der Waals surface area contributed by atoms with Gasteiger partial charge in [-0.2, -0.15) is 0 Å². The van der Waals surface area contributed by atoms with Crippen LogP contribution in [0.15, 0.2) is 23.7 Å². The van der Waals surface area contributed by atoms with Gasteiger partial charge in [-0.15, -0.1) is 5.69 Å². The molecule has 0 saturated carbocycles. The Bertz CT molecular complexity index is 337. The van der Waals surface area contributed by atoms with Gasteiger partial charge in [-0.3, -0.25) is 4.99 Å². The average Bonchev–Trinajstić information content (AvgIpc) is 2.09. The summed E-state index contributed by atoms with van der Waals surface area (Å²) in [5.74, 6) is -0.602. The Kier molecular flexibility index (Phi) is 5.03. The maximum absolute atomic E-state index is 13.1. The van der Waals surface area contributed by atoms with E-state index in [1.54, 1.807) is 0 Å². The normalized spacial score (nSPS) is 8.69. The van der Waals surface area contributed by atoms with E-state index in [2.05, 4.69) is 18.3 Å². The van der Waals surface area contributed by atoms with Gasteiger partial charge < -0.3 is 5.73 Å². The van der Waals surface area contributed by atoms with Crippen LogP contribution in [0.4, 0.5) is 15.8 Å². The summed E-state index contributed by atoms with van der Waals surface area (Å²) in [5, 5.41) is 0. The number of hydrogen-bond donors (Lipinski definition) is 0. The Morgan fingerprint density at radius 1 is 1.46 bits per heavy atom. The van der Waals surface area contributed by atoms with Crippen LogP contribution >= 0.6 is 0 Å². The zero-order chi connectivity index (χ0) is 9.14. The van der Waals surface area contributed by atoms with Gasteiger partial charge in [0, 0.05) is 38.3 Å². The third kappa shape index (κ3) is 2.45. The van der Waals surface area contributed by atoms with E-state index in [4.69, 9.17) is 5.73 Å². The van der Waals surface area contributed by atoms with E-state index in [9.17, 15) is 4.39 Å². The molecule has 0 aromatic heterocycles. The zero-order valence-corrected chi connectivity index (χ0v) is 9.89. The molecule has 4 heteroatoms. The van der Waals surface area contributed by atoms with Gasteiger partial charge in [0.15, 0.2) is 0 Å². The molecule has 0 aliphatic rings. The number of aliphatic imine (C=N–C) groups is 1. The first-order chi connectivity index (χ1) is 5.70. The summed E-state index contributed by atoms with van der Waals surface area (Å²) in [5.41, 5.74) is 7.64. The molecule has 0 amide bonds. The minimum atomic E-state index is -0.602. The van der Waals surface area contributed by atoms with Crippen LogP contribution in [0.2, 0.25) is 0 Å². The maximum Gasteiger partial charge on any atom is 0.117 e. The Morgan fingerprint density at radius 3 is 2.54 bits per heavy atom. The van der Waals surface area contributed by atoms with E-state index in [1.807, 2.05) is 0 Å². The van der Waals surface area contributed by atoms with Crippen molar-refractivity contribution in [2.75, 3.05) is 0 Å². The molecule has 1 rings (SSSR count). The number of halogens is 1. The average molecular weight is 252 g/mol. The van der Waals surface area contributed by atoms with Crippen LogP contribution in [0.1, 0.15) is 5.56 Å². The van der Waals surface area contributed by atoms with Crippen molar-refractivity contribution < 1.29 is 37.1 Å². The van der Waals surface area contributed by atoms with Crippen molar-refractivity contribution in [3.8, 4) is 0 Å². The SMILES string of the molecule is C=Cc1c(N=C)ccc([NH-])c1F.[Y]. The fourth-order valence-corrected chi connectivity index (χ4v) is 0.915. The Morgan fingerprint density at radius 2 is 2.08 bits per heavy atom. The monoisotopic (exact) mass is 252 g/mol. The molecule has 0 saturated heterocycles. The second-order valence-corrected chi connectivity index (χ2v) is 2.22. The Labute approximate surface area is 102 Å². The van der Waals surface area contributed by atoms with Gasteiger partial charge in [-0.05, 0) is 12.8 Å². The molecule has 1 N–H and O–H groups in total. The number of nitrogens with one attached hydrogen (secondary N) is 1. The van der Waals surface area contributed by atoms with E-state index in [0.717, 1.165) is 0 Å². The molecular weight excluding hydrogens is 244 g/mol. The summed E-state index contributed by atoms with van der Waals surface area (Å²) in [4.78, 5) is 3.60. The van der Waals surface area contributed by atoms with Crippen molar-refractivity contribution >= 4 is 24.2 Å². The van der Waals surface area contributed by atoms with Crippen LogP contribution in [0, 0.1) is 5.82 Å². The first kappa shape index (κ1) is 12.5. The number of rotatable bonds is 2. The van der Waals surface area contributed by atoms with Crippen molar-refractivity contribution in [1.82, 2.24) is 0 Å². The predicted molar refractivity (Wildman–Crippen MR) is 49.7 cm³/mol. The molecule has 1 aromatic carbocycles. The van der Waals surface area contributed by atoms with Gasteiger partial charge in [0.1, 0.15) is 5.82 Å². The molecule has 0 heterocycles. The quantitative estimate of drug-likeness (QED) is 0.722. The Balaban J connectivity index is 0.00000144. The minimum Gasteiger partial charge on any atom is -0.696 e. The van der Waals surface area contributed by atoms with Crippen molar-refractivity contribution in [2.45, 2.75) is 0 Å². The summed E-state index contributed by atoms with van der Waals surface area (Å²) in [7, 11) is 0. The number of nitrogens with zero attached hydrogens (tertiary/aromatic N) is 1. The third-order valence-corrected chi connectivity index (χ3v) is 1.53. The Hall–Kier alpha value is -0.536. The molecule has 2 nitrogen and oxygen atoms in total. The largest absolute Gasteiger partial charge is 0.696 e. The van der Waals surface area contributed by atoms with Crippen molar-refractivity contribution in [3.05, 3.63) is 35.8 Å². The summed E-state index contributed by atoms with van der Waals surface area (Å²) in [6.45, 7) is 6.72. The van der Waals surface area contributed by atoms with Gasteiger partial charge in [0.25, 0.3) is 0 Å². The summed E-state index contributed by atoms with van der Waals surface area (Å²) in [6.07, 6.45) is 1.33. The standard InChI is InChI=1S/C9H8FN2.Y/c1-3-6-8(12-2)5-4-7(11)9(6)10;/h3-5,11H,1-2H2;/q-1;. The molecule has 0 bridgehead atoms. The molecule has 0 atom stereocenters. The van der Waals surface area contributed by atoms with E-state index in [0.29, 0.717) is 5.69 Å². The third-order valence-electron chi connectivity index (χ3n) is 1.53. The van der Waals surface area contributed by atoms with Crippen molar-refractivity contribution in [1.29, 1.82) is 0 Å². The molecule has 0 aliphatic carbocycles. The van der Waals surface area contributed by atoms with Gasteiger partial charge >= 0.3 is 0 Å². The van der Waals surface area contributed by atoms with Gasteiger partial charge in [0.2, 0.25) is 0 Å². The smallest absolute Gasteiger partial charge is 0.117 e. The molecule has 1 radical (unpaired) electrons. The van der Waals surface area contributed by atoms with Crippen molar-refractivity contribution in [3.63, 3.8) is 0 Å². The fourth-order valence-electron chi connectivity index (χ4n) is 0.915. The summed E-state index contributed by atoms with van der Waals surface area (Å²) < 4.78 is 13.1. The predicted octanol–water partition coefficient (Wildman–Crippen LogP) is 3.48. The molecule has 1 aromatic rings. The summed E-state index contributed by atoms with van der Waals surface area (Å²) in [6, 6.07) is 2.88. The minimum absolute atomic E-state index is 0. The fraction of sp³-hybridized carbons (Fsp3) is 0. The topological polar surface area (TPSA) is 36.2 Å². The van der Waals surface area contributed by atoms with Crippen LogP contribution in [-0.4, -0.2) is 6.72 Å². The molecule has 0 unspecified atom stereocenters. The van der Waals surface area contributed by atoms with Gasteiger partial charge in [-0.1, -0.05) is 18.7 Å². The summed E-state index contributed by atoms with van der Waals surface area (Å²) >= 11 is 0. The van der Waals surface area contributed by atoms with Crippen molar-refractivity contribution in [2.24, 2.45) is 4.99 Å². The molecule has 65 valence electrons. The first-order valence-electron chi connectivity index (χ1n) is 3.34. The molecule has 0 spiro atoms. The second-order valence-electron chi connectivity index (χ2n) is 2.22. The van der Waals surface area contributed by atoms with Gasteiger partial charge in [0.05, 0.1) is 5.69 Å². The second kappa shape index (κ2) is 5.25. The van der Waals surface area contributed by atoms with Crippen LogP contribution in [0.5, 0.6) is 0 Å². The molecular formula is C9H8FN2Y-. The molecule has 0 aliphatic heterocycles. The van der Waals surface area contributed by atoms with E-state index in [-0.39, 0.29) is 44.0 Å². The van der Waals surface area contributed by atoms with Crippen LogP contribution in [-0.2, 0) is 32.7 Å². The van der Waals surface area contributed by atoms with Gasteiger partial charge in [-0.25, -0.2) is 4.39 Å². The van der Waals surface area contributed by atoms with E-state index < -0.39 is 5.82 Å². The maximum atomic E-state index is 13.1. The van der Waals surface area contributed by atoms with E-state index in [1.165, 1.54) is 18.2 Å². The number of hydrogen-bond acceptors (Lipinski definition) is 1. The molecule has 0 fully saturated rings. The number of benzene rings is 1. The first-order valence-corrected chi connectivity index (χ1v) is 3.34.